The molecular formula is C20H19N3. The minimum absolute atomic E-state index is 0.805. The fraction of sp³-hybridized carbons (Fsp3) is 0.200. The van der Waals surface area contributed by atoms with Gasteiger partial charge in [0.25, 0.3) is 0 Å². The first-order valence-electron chi connectivity index (χ1n) is 8.16. The third-order valence-corrected chi connectivity index (χ3v) is 4.20. The van der Waals surface area contributed by atoms with Gasteiger partial charge in [0.15, 0.2) is 5.82 Å². The van der Waals surface area contributed by atoms with E-state index in [0.29, 0.717) is 0 Å². The molecule has 0 saturated heterocycles. The highest BCUT2D eigenvalue weighted by Crippen LogP contribution is 2.27. The Labute approximate surface area is 136 Å². The van der Waals surface area contributed by atoms with Crippen molar-refractivity contribution in [1.29, 1.82) is 0 Å². The highest BCUT2D eigenvalue weighted by Gasteiger charge is 2.12. The van der Waals surface area contributed by atoms with Crippen molar-refractivity contribution < 1.29 is 0 Å². The maximum atomic E-state index is 4.73. The molecule has 2 heterocycles. The number of aromatic nitrogens is 3. The topological polar surface area (TPSA) is 30.7 Å². The minimum Gasteiger partial charge on any atom is -0.352 e. The monoisotopic (exact) mass is 301 g/mol. The Hall–Kier alpha value is -2.68. The van der Waals surface area contributed by atoms with Crippen LogP contribution in [0.5, 0.6) is 0 Å². The predicted octanol–water partition coefficient (Wildman–Crippen LogP) is 5.00. The summed E-state index contributed by atoms with van der Waals surface area (Å²) >= 11 is 0. The second-order valence-corrected chi connectivity index (χ2v) is 5.92. The van der Waals surface area contributed by atoms with Gasteiger partial charge in [-0.15, -0.1) is 0 Å². The molecule has 0 spiro atoms. The van der Waals surface area contributed by atoms with E-state index in [1.807, 2.05) is 0 Å². The third kappa shape index (κ3) is 2.70. The molecule has 3 nitrogen and oxygen atoms in total. The van der Waals surface area contributed by atoms with Crippen LogP contribution in [0.15, 0.2) is 60.9 Å². The van der Waals surface area contributed by atoms with E-state index in [4.69, 9.17) is 4.98 Å². The Morgan fingerprint density at radius 3 is 2.61 bits per heavy atom. The van der Waals surface area contributed by atoms with E-state index in [-0.39, 0.29) is 0 Å². The van der Waals surface area contributed by atoms with Crippen LogP contribution in [0, 0.1) is 0 Å². The van der Waals surface area contributed by atoms with E-state index < -0.39 is 0 Å². The summed E-state index contributed by atoms with van der Waals surface area (Å²) in [7, 11) is 0. The van der Waals surface area contributed by atoms with Gasteiger partial charge in [0, 0.05) is 24.5 Å². The molecular weight excluding hydrogens is 282 g/mol. The van der Waals surface area contributed by atoms with Crippen molar-refractivity contribution in [2.45, 2.75) is 26.3 Å². The molecule has 0 bridgehead atoms. The number of aryl methyl sites for hydroxylation is 1. The maximum absolute atomic E-state index is 4.73. The highest BCUT2D eigenvalue weighted by atomic mass is 15.0. The molecule has 2 aliphatic heterocycles. The van der Waals surface area contributed by atoms with Crippen molar-refractivity contribution in [2.75, 3.05) is 0 Å². The second-order valence-electron chi connectivity index (χ2n) is 5.92. The van der Waals surface area contributed by atoms with Gasteiger partial charge in [-0.25, -0.2) is 9.97 Å². The fourth-order valence-electron chi connectivity index (χ4n) is 2.89. The molecule has 2 aromatic carbocycles. The Morgan fingerprint density at radius 1 is 0.913 bits per heavy atom. The zero-order chi connectivity index (χ0) is 15.6. The van der Waals surface area contributed by atoms with Crippen LogP contribution in [-0.4, -0.2) is 14.5 Å². The molecule has 2 aliphatic rings. The van der Waals surface area contributed by atoms with Crippen LogP contribution in [0.4, 0.5) is 0 Å². The summed E-state index contributed by atoms with van der Waals surface area (Å²) in [6.07, 6.45) is 6.57. The van der Waals surface area contributed by atoms with E-state index in [1.165, 1.54) is 23.6 Å². The number of hydrogen-bond acceptors (Lipinski definition) is 2. The average molecular weight is 301 g/mol. The van der Waals surface area contributed by atoms with Gasteiger partial charge in [-0.05, 0) is 29.3 Å². The van der Waals surface area contributed by atoms with Crippen molar-refractivity contribution in [3.8, 4) is 22.8 Å². The second kappa shape index (κ2) is 5.84. The number of fused-ring (bicyclic) bond motifs is 2. The molecule has 3 heteroatoms. The predicted molar refractivity (Wildman–Crippen MR) is 94.5 cm³/mol. The normalized spacial score (nSPS) is 11.3. The van der Waals surface area contributed by atoms with E-state index in [1.54, 1.807) is 0 Å². The smallest absolute Gasteiger partial charge is 0.160 e. The minimum atomic E-state index is 0.805. The van der Waals surface area contributed by atoms with Crippen LogP contribution in [0.25, 0.3) is 33.5 Å². The molecule has 0 unspecified atom stereocenters. The van der Waals surface area contributed by atoms with Gasteiger partial charge in [-0.1, -0.05) is 49.7 Å². The van der Waals surface area contributed by atoms with Gasteiger partial charge in [0.1, 0.15) is 5.69 Å². The number of pyridine rings is 1. The van der Waals surface area contributed by atoms with Crippen molar-refractivity contribution in [1.82, 2.24) is 14.5 Å². The summed E-state index contributed by atoms with van der Waals surface area (Å²) in [5.41, 5.74) is 2.99. The zero-order valence-electron chi connectivity index (χ0n) is 13.2. The van der Waals surface area contributed by atoms with Crippen LogP contribution in [0.3, 0.4) is 0 Å². The first-order chi connectivity index (χ1) is 11.3. The van der Waals surface area contributed by atoms with Gasteiger partial charge in [-0.3, -0.25) is 0 Å². The lowest BCUT2D eigenvalue weighted by molar-refractivity contribution is 0.628. The van der Waals surface area contributed by atoms with Crippen molar-refractivity contribution >= 4 is 10.8 Å². The Balaban J connectivity index is 1.74. The van der Waals surface area contributed by atoms with Crippen molar-refractivity contribution in [2.24, 2.45) is 0 Å². The van der Waals surface area contributed by atoms with E-state index >= 15 is 0 Å². The van der Waals surface area contributed by atoms with Crippen LogP contribution >= 0.6 is 0 Å². The number of nitrogens with zero attached hydrogens (tertiary/aromatic N) is 3. The Morgan fingerprint density at radius 2 is 1.74 bits per heavy atom. The van der Waals surface area contributed by atoms with Crippen molar-refractivity contribution in [3.63, 3.8) is 0 Å². The van der Waals surface area contributed by atoms with Crippen LogP contribution in [-0.2, 0) is 6.54 Å². The summed E-state index contributed by atoms with van der Waals surface area (Å²) in [6, 6.07) is 16.8. The number of rotatable bonds is 4. The number of imidazole rings is 1. The molecule has 114 valence electrons. The lowest BCUT2D eigenvalue weighted by atomic mass is 10.1. The van der Waals surface area contributed by atoms with Crippen LogP contribution in [0.2, 0.25) is 0 Å². The molecule has 4 rings (SSSR count). The fourth-order valence-corrected chi connectivity index (χ4v) is 2.89. The molecule has 0 N–H and O–H groups in total. The molecule has 0 atom stereocenters. The summed E-state index contributed by atoms with van der Waals surface area (Å²) < 4.78 is 2.20. The Kier molecular flexibility index (Phi) is 3.54. The first kappa shape index (κ1) is 13.9. The first-order valence-corrected chi connectivity index (χ1v) is 8.16. The van der Waals surface area contributed by atoms with Gasteiger partial charge in [-0.2, -0.15) is 0 Å². The van der Waals surface area contributed by atoms with Gasteiger partial charge < -0.3 is 4.57 Å². The van der Waals surface area contributed by atoms with Crippen LogP contribution in [0.1, 0.15) is 19.8 Å². The largest absolute Gasteiger partial charge is 0.352 e. The zero-order valence-corrected chi connectivity index (χ0v) is 13.2. The summed E-state index contributed by atoms with van der Waals surface area (Å²) in [4.78, 5) is 9.41. The number of unbranched alkanes of at least 4 members (excludes halogenated alkanes) is 1. The molecule has 23 heavy (non-hydrogen) atoms. The maximum Gasteiger partial charge on any atom is 0.160 e. The lowest BCUT2D eigenvalue weighted by Gasteiger charge is -2.06. The summed E-state index contributed by atoms with van der Waals surface area (Å²) in [6.45, 7) is 3.24. The summed E-state index contributed by atoms with van der Waals surface area (Å²) in [5, 5.41) is 2.46. The Bertz CT molecular complexity index is 923. The highest BCUT2D eigenvalue weighted by molar-refractivity contribution is 5.86. The number of hydrogen-bond donors (Lipinski definition) is 0. The van der Waals surface area contributed by atoms with E-state index in [9.17, 15) is 0 Å². The lowest BCUT2D eigenvalue weighted by Crippen LogP contribution is -1.98. The van der Waals surface area contributed by atoms with E-state index in [2.05, 4.69) is 77.4 Å². The van der Waals surface area contributed by atoms with Gasteiger partial charge in [0.2, 0.25) is 0 Å². The van der Waals surface area contributed by atoms with Crippen LogP contribution < -0.4 is 0 Å². The van der Waals surface area contributed by atoms with E-state index in [0.717, 1.165) is 29.3 Å². The molecule has 0 radical (unpaired) electrons. The molecule has 0 saturated carbocycles. The van der Waals surface area contributed by atoms with Gasteiger partial charge >= 0.3 is 0 Å². The molecule has 0 aliphatic carbocycles. The number of benzene rings is 2. The third-order valence-electron chi connectivity index (χ3n) is 4.20. The standard InChI is InChI=1S/C20H19N3/c1-2-3-11-23-12-10-18-19(14-23)22-20(21-18)17-9-8-15-6-4-5-7-16(15)13-17/h4-10,12-14H,2-3,11H2,1H3. The van der Waals surface area contributed by atoms with Crippen molar-refractivity contribution in [3.05, 3.63) is 60.9 Å². The summed E-state index contributed by atoms with van der Waals surface area (Å²) in [5.74, 6) is 0.805. The van der Waals surface area contributed by atoms with Gasteiger partial charge in [0.05, 0.1) is 5.69 Å². The molecule has 0 aromatic heterocycles. The molecule has 2 aromatic rings. The molecule has 0 amide bonds. The average Bonchev–Trinajstić information content (AvgIpc) is 3.03. The molecule has 0 fully saturated rings. The SMILES string of the molecule is CCCCn1ccc2nc(-c3ccc4ccccc4c3)nc-2c1. The quantitative estimate of drug-likeness (QED) is 0.531.